The lowest BCUT2D eigenvalue weighted by Gasteiger charge is -2.32. The number of hydrogen-bond acceptors (Lipinski definition) is 3. The summed E-state index contributed by atoms with van der Waals surface area (Å²) in [6.07, 6.45) is 3.32. The van der Waals surface area contributed by atoms with E-state index < -0.39 is 0 Å². The summed E-state index contributed by atoms with van der Waals surface area (Å²) in [5.74, 6) is 0. The minimum atomic E-state index is 0.337. The molecule has 0 aromatic rings. The van der Waals surface area contributed by atoms with Gasteiger partial charge in [-0.25, -0.2) is 0 Å². The van der Waals surface area contributed by atoms with Crippen LogP contribution in [0, 0.1) is 0 Å². The molecular formula is C13H25N3. The second kappa shape index (κ2) is 4.86. The third kappa shape index (κ3) is 2.47. The molecule has 3 heteroatoms. The summed E-state index contributed by atoms with van der Waals surface area (Å²) in [5, 5.41) is 3.42. The average Bonchev–Trinajstić information content (AvgIpc) is 2.57. The van der Waals surface area contributed by atoms with Crippen LogP contribution in [-0.4, -0.2) is 60.6 Å². The van der Waals surface area contributed by atoms with Crippen molar-refractivity contribution in [2.75, 3.05) is 39.3 Å². The zero-order valence-electron chi connectivity index (χ0n) is 10.7. The summed E-state index contributed by atoms with van der Waals surface area (Å²) in [6, 6.07) is 0.747. The van der Waals surface area contributed by atoms with E-state index in [1.54, 1.807) is 0 Å². The molecule has 1 N–H and O–H groups in total. The van der Waals surface area contributed by atoms with Gasteiger partial charge in [0.05, 0.1) is 0 Å². The molecule has 0 spiro atoms. The van der Waals surface area contributed by atoms with Crippen molar-refractivity contribution in [1.82, 2.24) is 15.1 Å². The number of nitrogens with one attached hydrogen (secondary N) is 1. The molecule has 0 saturated carbocycles. The maximum absolute atomic E-state index is 3.86. The van der Waals surface area contributed by atoms with Crippen LogP contribution in [0.3, 0.4) is 0 Å². The van der Waals surface area contributed by atoms with E-state index in [1.807, 2.05) is 6.08 Å². The molecule has 2 aliphatic rings. The van der Waals surface area contributed by atoms with Crippen molar-refractivity contribution in [2.45, 2.75) is 31.8 Å². The molecule has 0 aliphatic carbocycles. The number of hydrogen-bond donors (Lipinski definition) is 1. The van der Waals surface area contributed by atoms with Gasteiger partial charge in [0, 0.05) is 50.8 Å². The Balaban J connectivity index is 1.95. The van der Waals surface area contributed by atoms with Crippen LogP contribution in [-0.2, 0) is 0 Å². The first-order chi connectivity index (χ1) is 7.63. The fraction of sp³-hybridized carbons (Fsp3) is 0.846. The van der Waals surface area contributed by atoms with E-state index in [4.69, 9.17) is 0 Å². The molecule has 0 bridgehead atoms. The molecule has 0 aromatic heterocycles. The van der Waals surface area contributed by atoms with Crippen molar-refractivity contribution in [3.63, 3.8) is 0 Å². The zero-order chi connectivity index (χ0) is 11.6. The fourth-order valence-electron chi connectivity index (χ4n) is 3.04. The molecule has 3 nitrogen and oxygen atoms in total. The molecule has 1 atom stereocenters. The Bertz CT molecular complexity index is 244. The van der Waals surface area contributed by atoms with E-state index in [1.165, 1.54) is 26.1 Å². The Labute approximate surface area is 99.5 Å². The smallest absolute Gasteiger partial charge is 0.0241 e. The van der Waals surface area contributed by atoms with Gasteiger partial charge in [-0.3, -0.25) is 9.80 Å². The summed E-state index contributed by atoms with van der Waals surface area (Å²) in [4.78, 5) is 5.22. The van der Waals surface area contributed by atoms with Crippen molar-refractivity contribution in [2.24, 2.45) is 0 Å². The molecule has 0 amide bonds. The van der Waals surface area contributed by atoms with Crippen LogP contribution in [0.4, 0.5) is 0 Å². The quantitative estimate of drug-likeness (QED) is 0.718. The Morgan fingerprint density at radius 2 is 2.06 bits per heavy atom. The Hall–Kier alpha value is -0.380. The van der Waals surface area contributed by atoms with Gasteiger partial charge < -0.3 is 5.32 Å². The van der Waals surface area contributed by atoms with E-state index in [0.717, 1.165) is 25.7 Å². The Kier molecular flexibility index (Phi) is 3.67. The van der Waals surface area contributed by atoms with E-state index in [0.29, 0.717) is 5.54 Å². The van der Waals surface area contributed by atoms with Gasteiger partial charge in [-0.05, 0) is 20.3 Å². The highest BCUT2D eigenvalue weighted by Crippen LogP contribution is 2.31. The largest absolute Gasteiger partial charge is 0.314 e. The van der Waals surface area contributed by atoms with Crippen LogP contribution in [0.15, 0.2) is 12.7 Å². The second-order valence-electron chi connectivity index (χ2n) is 5.65. The zero-order valence-corrected chi connectivity index (χ0v) is 10.7. The molecule has 0 radical (unpaired) electrons. The van der Waals surface area contributed by atoms with E-state index >= 15 is 0 Å². The molecule has 92 valence electrons. The van der Waals surface area contributed by atoms with Gasteiger partial charge in [-0.2, -0.15) is 0 Å². The lowest BCUT2D eigenvalue weighted by atomic mass is 9.99. The van der Waals surface area contributed by atoms with Crippen molar-refractivity contribution < 1.29 is 0 Å². The maximum Gasteiger partial charge on any atom is 0.0241 e. The van der Waals surface area contributed by atoms with Gasteiger partial charge in [0.2, 0.25) is 0 Å². The third-order valence-electron chi connectivity index (χ3n) is 4.04. The number of piperazine rings is 1. The molecule has 16 heavy (non-hydrogen) atoms. The fourth-order valence-corrected chi connectivity index (χ4v) is 3.04. The standard InChI is InChI=1S/C13H25N3/c1-4-7-16-11-12(10-13(16,2)3)15-8-5-14-6-9-15/h4,12,14H,1,5-11H2,2-3H3. The highest BCUT2D eigenvalue weighted by atomic mass is 15.3. The molecule has 2 fully saturated rings. The summed E-state index contributed by atoms with van der Waals surface area (Å²) in [5.41, 5.74) is 0.337. The minimum Gasteiger partial charge on any atom is -0.314 e. The highest BCUT2D eigenvalue weighted by molar-refractivity contribution is 4.99. The molecule has 2 heterocycles. The van der Waals surface area contributed by atoms with Crippen LogP contribution in [0.2, 0.25) is 0 Å². The first kappa shape index (κ1) is 12.1. The highest BCUT2D eigenvalue weighted by Gasteiger charge is 2.39. The summed E-state index contributed by atoms with van der Waals surface area (Å²) >= 11 is 0. The predicted molar refractivity (Wildman–Crippen MR) is 68.7 cm³/mol. The van der Waals surface area contributed by atoms with Gasteiger partial charge in [-0.15, -0.1) is 6.58 Å². The van der Waals surface area contributed by atoms with E-state index in [9.17, 15) is 0 Å². The Morgan fingerprint density at radius 1 is 1.38 bits per heavy atom. The summed E-state index contributed by atoms with van der Waals surface area (Å²) < 4.78 is 0. The van der Waals surface area contributed by atoms with Crippen LogP contribution in [0.25, 0.3) is 0 Å². The maximum atomic E-state index is 3.86. The van der Waals surface area contributed by atoms with Crippen molar-refractivity contribution in [3.05, 3.63) is 12.7 Å². The number of rotatable bonds is 3. The molecule has 1 unspecified atom stereocenters. The predicted octanol–water partition coefficient (Wildman–Crippen LogP) is 0.930. The van der Waals surface area contributed by atoms with Crippen molar-refractivity contribution in [3.8, 4) is 0 Å². The van der Waals surface area contributed by atoms with E-state index in [-0.39, 0.29) is 0 Å². The first-order valence-electron chi connectivity index (χ1n) is 6.44. The lowest BCUT2D eigenvalue weighted by Crippen LogP contribution is -2.49. The normalized spacial score (nSPS) is 31.8. The van der Waals surface area contributed by atoms with Gasteiger partial charge >= 0.3 is 0 Å². The van der Waals surface area contributed by atoms with Crippen molar-refractivity contribution >= 4 is 0 Å². The van der Waals surface area contributed by atoms with Crippen LogP contribution in [0.5, 0.6) is 0 Å². The SMILES string of the molecule is C=CCN1CC(N2CCNCC2)CC1(C)C. The molecule has 2 saturated heterocycles. The topological polar surface area (TPSA) is 18.5 Å². The van der Waals surface area contributed by atoms with E-state index in [2.05, 4.69) is 35.5 Å². The van der Waals surface area contributed by atoms with Gasteiger partial charge in [-0.1, -0.05) is 6.08 Å². The third-order valence-corrected chi connectivity index (χ3v) is 4.04. The number of nitrogens with zero attached hydrogens (tertiary/aromatic N) is 2. The van der Waals surface area contributed by atoms with Gasteiger partial charge in [0.15, 0.2) is 0 Å². The molecule has 2 aliphatic heterocycles. The monoisotopic (exact) mass is 223 g/mol. The minimum absolute atomic E-state index is 0.337. The van der Waals surface area contributed by atoms with Crippen LogP contribution < -0.4 is 5.32 Å². The first-order valence-corrected chi connectivity index (χ1v) is 6.44. The molecule has 2 rings (SSSR count). The second-order valence-corrected chi connectivity index (χ2v) is 5.65. The van der Waals surface area contributed by atoms with Gasteiger partial charge in [0.1, 0.15) is 0 Å². The van der Waals surface area contributed by atoms with Crippen LogP contribution >= 0.6 is 0 Å². The molecular weight excluding hydrogens is 198 g/mol. The van der Waals surface area contributed by atoms with Gasteiger partial charge in [0.25, 0.3) is 0 Å². The number of likely N-dealkylation sites (tertiary alicyclic amines) is 1. The molecule has 0 aromatic carbocycles. The lowest BCUT2D eigenvalue weighted by molar-refractivity contribution is 0.172. The average molecular weight is 223 g/mol. The Morgan fingerprint density at radius 3 is 2.69 bits per heavy atom. The van der Waals surface area contributed by atoms with Crippen molar-refractivity contribution in [1.29, 1.82) is 0 Å². The summed E-state index contributed by atoms with van der Waals surface area (Å²) in [7, 11) is 0. The van der Waals surface area contributed by atoms with Crippen LogP contribution in [0.1, 0.15) is 20.3 Å². The summed E-state index contributed by atoms with van der Waals surface area (Å²) in [6.45, 7) is 15.5.